The third kappa shape index (κ3) is 6.46. The summed E-state index contributed by atoms with van der Waals surface area (Å²) in [5, 5.41) is 11.3. The standard InChI is InChI=1S/C21H23N3O2S/c1-15-4-10-19(11-5-15)23-20(25)14-27-16(2)21(26)24(3)13-18-8-6-17(12-22)7-9-18/h4-11,16H,13-14H2,1-3H3,(H,23,25). The van der Waals surface area contributed by atoms with Gasteiger partial charge in [0.2, 0.25) is 11.8 Å². The smallest absolute Gasteiger partial charge is 0.235 e. The number of thioether (sulfide) groups is 1. The van der Waals surface area contributed by atoms with Crippen LogP contribution in [-0.2, 0) is 16.1 Å². The molecule has 0 radical (unpaired) electrons. The van der Waals surface area contributed by atoms with Crippen molar-refractivity contribution in [3.05, 3.63) is 65.2 Å². The Bertz CT molecular complexity index is 826. The van der Waals surface area contributed by atoms with Crippen LogP contribution in [0.2, 0.25) is 0 Å². The molecule has 0 saturated carbocycles. The van der Waals surface area contributed by atoms with Crippen molar-refractivity contribution < 1.29 is 9.59 Å². The number of nitrogens with zero attached hydrogens (tertiary/aromatic N) is 2. The zero-order valence-electron chi connectivity index (χ0n) is 15.7. The first-order valence-electron chi connectivity index (χ1n) is 8.61. The Morgan fingerprint density at radius 1 is 1.15 bits per heavy atom. The minimum Gasteiger partial charge on any atom is -0.340 e. The highest BCUT2D eigenvalue weighted by atomic mass is 32.2. The van der Waals surface area contributed by atoms with Crippen LogP contribution in [0, 0.1) is 18.3 Å². The summed E-state index contributed by atoms with van der Waals surface area (Å²) in [6.45, 7) is 4.26. The van der Waals surface area contributed by atoms with Gasteiger partial charge in [-0.05, 0) is 43.7 Å². The van der Waals surface area contributed by atoms with Gasteiger partial charge in [-0.1, -0.05) is 29.8 Å². The van der Waals surface area contributed by atoms with Crippen molar-refractivity contribution in [2.24, 2.45) is 0 Å². The molecule has 2 aromatic rings. The van der Waals surface area contributed by atoms with E-state index in [-0.39, 0.29) is 22.8 Å². The number of carbonyl (C=O) groups excluding carboxylic acids is 2. The lowest BCUT2D eigenvalue weighted by atomic mass is 10.1. The maximum absolute atomic E-state index is 12.5. The minimum atomic E-state index is -0.322. The summed E-state index contributed by atoms with van der Waals surface area (Å²) < 4.78 is 0. The Labute approximate surface area is 164 Å². The maximum atomic E-state index is 12.5. The Morgan fingerprint density at radius 3 is 2.37 bits per heavy atom. The molecule has 2 amide bonds. The van der Waals surface area contributed by atoms with Gasteiger partial charge >= 0.3 is 0 Å². The monoisotopic (exact) mass is 381 g/mol. The second kappa shape index (κ2) is 9.79. The third-order valence-corrected chi connectivity index (χ3v) is 5.16. The quantitative estimate of drug-likeness (QED) is 0.795. The van der Waals surface area contributed by atoms with Gasteiger partial charge in [-0.15, -0.1) is 11.8 Å². The minimum absolute atomic E-state index is 0.0347. The molecular formula is C21H23N3O2S. The second-order valence-electron chi connectivity index (χ2n) is 6.37. The highest BCUT2D eigenvalue weighted by molar-refractivity contribution is 8.01. The molecule has 0 aliphatic carbocycles. The molecule has 140 valence electrons. The number of nitriles is 1. The SMILES string of the molecule is Cc1ccc(NC(=O)CSC(C)C(=O)N(C)Cc2ccc(C#N)cc2)cc1. The molecule has 0 saturated heterocycles. The lowest BCUT2D eigenvalue weighted by molar-refractivity contribution is -0.129. The second-order valence-corrected chi connectivity index (χ2v) is 7.70. The van der Waals surface area contributed by atoms with Crippen LogP contribution in [0.15, 0.2) is 48.5 Å². The van der Waals surface area contributed by atoms with Crippen molar-refractivity contribution in [3.8, 4) is 6.07 Å². The lowest BCUT2D eigenvalue weighted by Crippen LogP contribution is -2.33. The molecule has 27 heavy (non-hydrogen) atoms. The Balaban J connectivity index is 1.80. The van der Waals surface area contributed by atoms with E-state index in [1.807, 2.05) is 43.3 Å². The average molecular weight is 382 g/mol. The van der Waals surface area contributed by atoms with Crippen LogP contribution in [0.4, 0.5) is 5.69 Å². The first kappa shape index (κ1) is 20.5. The molecule has 2 rings (SSSR count). The fourth-order valence-corrected chi connectivity index (χ4v) is 3.25. The number of hydrogen-bond acceptors (Lipinski definition) is 4. The molecule has 1 N–H and O–H groups in total. The highest BCUT2D eigenvalue weighted by Gasteiger charge is 2.19. The number of anilines is 1. The van der Waals surface area contributed by atoms with Gasteiger partial charge in [0, 0.05) is 19.3 Å². The summed E-state index contributed by atoms with van der Waals surface area (Å²) in [6.07, 6.45) is 0. The van der Waals surface area contributed by atoms with Gasteiger partial charge < -0.3 is 10.2 Å². The van der Waals surface area contributed by atoms with Gasteiger partial charge in [0.05, 0.1) is 22.6 Å². The molecule has 5 nitrogen and oxygen atoms in total. The van der Waals surface area contributed by atoms with E-state index >= 15 is 0 Å². The number of amides is 2. The van der Waals surface area contributed by atoms with Crippen LogP contribution in [0.25, 0.3) is 0 Å². The molecule has 1 atom stereocenters. The number of rotatable bonds is 7. The van der Waals surface area contributed by atoms with Crippen molar-refractivity contribution in [3.63, 3.8) is 0 Å². The third-order valence-electron chi connectivity index (χ3n) is 4.03. The van der Waals surface area contributed by atoms with Gasteiger partial charge in [-0.25, -0.2) is 0 Å². The van der Waals surface area contributed by atoms with Crippen LogP contribution in [0.5, 0.6) is 0 Å². The zero-order valence-corrected chi connectivity index (χ0v) is 16.5. The van der Waals surface area contributed by atoms with E-state index in [9.17, 15) is 9.59 Å². The van der Waals surface area contributed by atoms with Crippen LogP contribution in [0.1, 0.15) is 23.6 Å². The molecule has 0 fully saturated rings. The van der Waals surface area contributed by atoms with Crippen molar-refractivity contribution in [1.29, 1.82) is 5.26 Å². The molecule has 0 heterocycles. The van der Waals surface area contributed by atoms with E-state index in [1.165, 1.54) is 11.8 Å². The van der Waals surface area contributed by atoms with E-state index < -0.39 is 0 Å². The summed E-state index contributed by atoms with van der Waals surface area (Å²) in [6, 6.07) is 16.8. The van der Waals surface area contributed by atoms with Crippen molar-refractivity contribution >= 4 is 29.3 Å². The molecule has 0 bridgehead atoms. The Hall–Kier alpha value is -2.78. The van der Waals surface area contributed by atoms with Crippen LogP contribution >= 0.6 is 11.8 Å². The van der Waals surface area contributed by atoms with Crippen molar-refractivity contribution in [2.45, 2.75) is 25.6 Å². The fraction of sp³-hybridized carbons (Fsp3) is 0.286. The van der Waals surface area contributed by atoms with E-state index in [4.69, 9.17) is 5.26 Å². The molecule has 6 heteroatoms. The first-order chi connectivity index (χ1) is 12.9. The molecule has 0 aliphatic rings. The normalized spacial score (nSPS) is 11.3. The van der Waals surface area contributed by atoms with Gasteiger partial charge in [0.15, 0.2) is 0 Å². The molecular weight excluding hydrogens is 358 g/mol. The number of nitrogens with one attached hydrogen (secondary N) is 1. The van der Waals surface area contributed by atoms with Crippen LogP contribution in [0.3, 0.4) is 0 Å². The van der Waals surface area contributed by atoms with Gasteiger partial charge in [-0.2, -0.15) is 5.26 Å². The molecule has 0 aliphatic heterocycles. The first-order valence-corrected chi connectivity index (χ1v) is 9.66. The molecule has 0 spiro atoms. The van der Waals surface area contributed by atoms with E-state index in [2.05, 4.69) is 11.4 Å². The fourth-order valence-electron chi connectivity index (χ4n) is 2.45. The summed E-state index contributed by atoms with van der Waals surface area (Å²) in [7, 11) is 1.74. The molecule has 2 aromatic carbocycles. The predicted molar refractivity (Wildman–Crippen MR) is 109 cm³/mol. The van der Waals surface area contributed by atoms with Gasteiger partial charge in [0.25, 0.3) is 0 Å². The topological polar surface area (TPSA) is 73.2 Å². The van der Waals surface area contributed by atoms with Gasteiger partial charge in [0.1, 0.15) is 0 Å². The Kier molecular flexibility index (Phi) is 7.44. The number of benzene rings is 2. The lowest BCUT2D eigenvalue weighted by Gasteiger charge is -2.21. The van der Waals surface area contributed by atoms with Crippen LogP contribution < -0.4 is 5.32 Å². The summed E-state index contributed by atoms with van der Waals surface area (Å²) >= 11 is 1.31. The van der Waals surface area contributed by atoms with Gasteiger partial charge in [-0.3, -0.25) is 9.59 Å². The summed E-state index contributed by atoms with van der Waals surface area (Å²) in [4.78, 5) is 26.2. The van der Waals surface area contributed by atoms with Crippen LogP contribution in [-0.4, -0.2) is 34.8 Å². The predicted octanol–water partition coefficient (Wildman–Crippen LogP) is 3.59. The van der Waals surface area contributed by atoms with Crippen molar-refractivity contribution in [2.75, 3.05) is 18.1 Å². The number of aryl methyl sites for hydroxylation is 1. The van der Waals surface area contributed by atoms with E-state index in [0.717, 1.165) is 16.8 Å². The van der Waals surface area contributed by atoms with Crippen molar-refractivity contribution in [1.82, 2.24) is 4.90 Å². The van der Waals surface area contributed by atoms with E-state index in [0.29, 0.717) is 12.1 Å². The number of carbonyl (C=O) groups is 2. The van der Waals surface area contributed by atoms with E-state index in [1.54, 1.807) is 31.0 Å². The zero-order chi connectivity index (χ0) is 19.8. The Morgan fingerprint density at radius 2 is 1.78 bits per heavy atom. The maximum Gasteiger partial charge on any atom is 0.235 e. The number of hydrogen-bond donors (Lipinski definition) is 1. The summed E-state index contributed by atoms with van der Waals surface area (Å²) in [5.41, 5.74) is 3.44. The highest BCUT2D eigenvalue weighted by Crippen LogP contribution is 2.16. The molecule has 1 unspecified atom stereocenters. The largest absolute Gasteiger partial charge is 0.340 e. The summed E-state index contributed by atoms with van der Waals surface area (Å²) in [5.74, 6) is 0.0524. The average Bonchev–Trinajstić information content (AvgIpc) is 2.67. The molecule has 0 aromatic heterocycles.